The molecule has 12 rings (SSSR count). The summed E-state index contributed by atoms with van der Waals surface area (Å²) in [5.41, 5.74) is 14.7. The molecule has 0 atom stereocenters. The molecule has 0 saturated carbocycles. The van der Waals surface area contributed by atoms with Gasteiger partial charge in [-0.25, -0.2) is 0 Å². The van der Waals surface area contributed by atoms with E-state index in [0.717, 1.165) is 106 Å². The fourth-order valence-electron chi connectivity index (χ4n) is 9.20. The van der Waals surface area contributed by atoms with Gasteiger partial charge in [0.1, 0.15) is 22.7 Å². The van der Waals surface area contributed by atoms with Crippen molar-refractivity contribution in [2.45, 2.75) is 0 Å². The quantitative estimate of drug-likeness (QED) is 0.153. The fraction of sp³-hybridized carbons (Fsp3) is 0. The number of fused-ring (bicyclic) bond motifs is 5. The van der Waals surface area contributed by atoms with Crippen molar-refractivity contribution >= 4 is 66.8 Å². The summed E-state index contributed by atoms with van der Waals surface area (Å²) in [6, 6.07) is 81.4. The lowest BCUT2D eigenvalue weighted by Gasteiger charge is -2.32. The Hall–Kier alpha value is -8.34. The van der Waals surface area contributed by atoms with Crippen LogP contribution in [0.1, 0.15) is 0 Å². The minimum Gasteiger partial charge on any atom is -0.456 e. The lowest BCUT2D eigenvalue weighted by molar-refractivity contribution is 0.487. The van der Waals surface area contributed by atoms with Crippen LogP contribution in [0.4, 0.5) is 34.1 Å². The van der Waals surface area contributed by atoms with Crippen LogP contribution in [0.25, 0.3) is 66.1 Å². The zero-order valence-electron chi connectivity index (χ0n) is 33.7. The van der Waals surface area contributed by atoms with Crippen molar-refractivity contribution in [3.63, 3.8) is 0 Å². The van der Waals surface area contributed by atoms with Gasteiger partial charge in [0.05, 0.1) is 11.4 Å². The standard InChI is InChI=1S/C58H38N2O2/c1-4-15-39(16-5-1)40-29-33-45(34-30-40)60(46-35-31-41(32-36-46)48-23-13-24-50-49-22-10-11-27-53(49)62-58(48)50)52-26-14-28-54-57(52)51-25-12-17-42-37-47(38-55(61-54)56(42)51)59(43-18-6-2-7-19-43)44-20-8-3-9-21-44/h1-38H. The van der Waals surface area contributed by atoms with Gasteiger partial charge in [-0.05, 0) is 100 Å². The Labute approximate surface area is 359 Å². The maximum absolute atomic E-state index is 7.03. The van der Waals surface area contributed by atoms with Crippen molar-refractivity contribution in [3.8, 4) is 44.9 Å². The molecule has 11 aromatic rings. The van der Waals surface area contributed by atoms with Crippen LogP contribution < -0.4 is 14.5 Å². The second-order valence-electron chi connectivity index (χ2n) is 15.7. The second kappa shape index (κ2) is 14.7. The van der Waals surface area contributed by atoms with E-state index in [9.17, 15) is 0 Å². The first-order chi connectivity index (χ1) is 30.7. The van der Waals surface area contributed by atoms with E-state index in [2.05, 4.69) is 228 Å². The molecule has 0 saturated heterocycles. The monoisotopic (exact) mass is 794 g/mol. The third-order valence-electron chi connectivity index (χ3n) is 12.0. The van der Waals surface area contributed by atoms with E-state index >= 15 is 0 Å². The van der Waals surface area contributed by atoms with Crippen LogP contribution in [0.5, 0.6) is 11.5 Å². The van der Waals surface area contributed by atoms with Gasteiger partial charge in [0.25, 0.3) is 0 Å². The number of anilines is 6. The van der Waals surface area contributed by atoms with Crippen molar-refractivity contribution in [2.75, 3.05) is 9.80 Å². The molecule has 4 nitrogen and oxygen atoms in total. The van der Waals surface area contributed by atoms with Crippen LogP contribution in [0.15, 0.2) is 235 Å². The number of benzene rings is 10. The number of para-hydroxylation sites is 4. The number of hydrogen-bond acceptors (Lipinski definition) is 4. The molecule has 4 heteroatoms. The Kier molecular flexibility index (Phi) is 8.46. The van der Waals surface area contributed by atoms with Crippen LogP contribution in [0.2, 0.25) is 0 Å². The molecule has 0 unspecified atom stereocenters. The van der Waals surface area contributed by atoms with E-state index in [1.54, 1.807) is 0 Å². The number of ether oxygens (including phenoxy) is 1. The van der Waals surface area contributed by atoms with Crippen molar-refractivity contribution in [3.05, 3.63) is 231 Å². The van der Waals surface area contributed by atoms with E-state index in [-0.39, 0.29) is 0 Å². The van der Waals surface area contributed by atoms with E-state index in [0.29, 0.717) is 0 Å². The molecule has 0 radical (unpaired) electrons. The summed E-state index contributed by atoms with van der Waals surface area (Å²) in [4.78, 5) is 4.64. The van der Waals surface area contributed by atoms with Crippen LogP contribution in [0.3, 0.4) is 0 Å². The lowest BCUT2D eigenvalue weighted by atomic mass is 9.92. The molecule has 1 aliphatic rings. The molecule has 0 fully saturated rings. The molecule has 292 valence electrons. The molecule has 62 heavy (non-hydrogen) atoms. The van der Waals surface area contributed by atoms with Crippen LogP contribution >= 0.6 is 0 Å². The van der Waals surface area contributed by atoms with Gasteiger partial charge in [-0.2, -0.15) is 0 Å². The Morgan fingerprint density at radius 3 is 1.63 bits per heavy atom. The highest BCUT2D eigenvalue weighted by atomic mass is 16.5. The first-order valence-electron chi connectivity index (χ1n) is 21.0. The zero-order chi connectivity index (χ0) is 41.0. The average molecular weight is 795 g/mol. The van der Waals surface area contributed by atoms with Gasteiger partial charge in [-0.15, -0.1) is 0 Å². The smallest absolute Gasteiger partial charge is 0.143 e. The number of hydrogen-bond donors (Lipinski definition) is 0. The van der Waals surface area contributed by atoms with Gasteiger partial charge in [-0.1, -0.05) is 152 Å². The SMILES string of the molecule is c1ccc(-c2ccc(N(c3ccc(-c4cccc5c4oc4ccccc45)cc3)c3cccc4c3-c3cccc5cc(N(c6ccccc6)c6ccccc6)cc(c35)O4)cc2)cc1. The number of furan rings is 1. The Balaban J connectivity index is 1.01. The predicted octanol–water partition coefficient (Wildman–Crippen LogP) is 16.8. The molecule has 2 heterocycles. The number of rotatable bonds is 8. The summed E-state index contributed by atoms with van der Waals surface area (Å²) in [5, 5.41) is 4.44. The largest absolute Gasteiger partial charge is 0.456 e. The minimum atomic E-state index is 0.810. The Morgan fingerprint density at radius 1 is 0.339 bits per heavy atom. The van der Waals surface area contributed by atoms with Crippen molar-refractivity contribution in [1.29, 1.82) is 0 Å². The normalized spacial score (nSPS) is 11.7. The third kappa shape index (κ3) is 6.00. The van der Waals surface area contributed by atoms with E-state index in [4.69, 9.17) is 9.15 Å². The molecule has 0 aliphatic carbocycles. The summed E-state index contributed by atoms with van der Waals surface area (Å²) in [5.74, 6) is 1.64. The summed E-state index contributed by atoms with van der Waals surface area (Å²) in [6.07, 6.45) is 0. The molecule has 1 aromatic heterocycles. The molecule has 1 aliphatic heterocycles. The Bertz CT molecular complexity index is 3380. The van der Waals surface area contributed by atoms with Gasteiger partial charge in [-0.3, -0.25) is 0 Å². The zero-order valence-corrected chi connectivity index (χ0v) is 33.7. The Morgan fingerprint density at radius 2 is 0.903 bits per heavy atom. The topological polar surface area (TPSA) is 28.9 Å². The second-order valence-corrected chi connectivity index (χ2v) is 15.7. The van der Waals surface area contributed by atoms with Gasteiger partial charge in [0, 0.05) is 56.1 Å². The molecular formula is C58H38N2O2. The maximum atomic E-state index is 7.03. The van der Waals surface area contributed by atoms with Gasteiger partial charge in [0.15, 0.2) is 0 Å². The fourth-order valence-corrected chi connectivity index (χ4v) is 9.20. The van der Waals surface area contributed by atoms with Crippen molar-refractivity contribution < 1.29 is 9.15 Å². The average Bonchev–Trinajstić information content (AvgIpc) is 3.72. The molecule has 0 amide bonds. The summed E-state index contributed by atoms with van der Waals surface area (Å²) in [7, 11) is 0. The van der Waals surface area contributed by atoms with Crippen LogP contribution in [-0.4, -0.2) is 0 Å². The van der Waals surface area contributed by atoms with Crippen LogP contribution in [0, 0.1) is 0 Å². The molecule has 0 bridgehead atoms. The molecule has 10 aromatic carbocycles. The first kappa shape index (κ1) is 35.6. The number of nitrogens with zero attached hydrogens (tertiary/aromatic N) is 2. The molecule has 0 spiro atoms. The van der Waals surface area contributed by atoms with Crippen LogP contribution in [-0.2, 0) is 0 Å². The van der Waals surface area contributed by atoms with E-state index in [1.165, 1.54) is 5.56 Å². The third-order valence-corrected chi connectivity index (χ3v) is 12.0. The van der Waals surface area contributed by atoms with Crippen molar-refractivity contribution in [2.24, 2.45) is 0 Å². The van der Waals surface area contributed by atoms with E-state index < -0.39 is 0 Å². The molecule has 0 N–H and O–H groups in total. The van der Waals surface area contributed by atoms with Crippen molar-refractivity contribution in [1.82, 2.24) is 0 Å². The maximum Gasteiger partial charge on any atom is 0.143 e. The summed E-state index contributed by atoms with van der Waals surface area (Å²) < 4.78 is 13.5. The van der Waals surface area contributed by atoms with E-state index in [1.807, 2.05) is 12.1 Å². The molecular weight excluding hydrogens is 757 g/mol. The van der Waals surface area contributed by atoms with Gasteiger partial charge >= 0.3 is 0 Å². The lowest BCUT2D eigenvalue weighted by Crippen LogP contribution is -2.13. The minimum absolute atomic E-state index is 0.810. The van der Waals surface area contributed by atoms with Gasteiger partial charge < -0.3 is 19.0 Å². The van der Waals surface area contributed by atoms with Gasteiger partial charge in [0.2, 0.25) is 0 Å². The highest BCUT2D eigenvalue weighted by Crippen LogP contribution is 2.54. The summed E-state index contributed by atoms with van der Waals surface area (Å²) >= 11 is 0. The first-order valence-corrected chi connectivity index (χ1v) is 21.0. The highest BCUT2D eigenvalue weighted by Gasteiger charge is 2.28. The predicted molar refractivity (Wildman–Crippen MR) is 257 cm³/mol. The summed E-state index contributed by atoms with van der Waals surface area (Å²) in [6.45, 7) is 0. The highest BCUT2D eigenvalue weighted by molar-refractivity contribution is 6.11.